The van der Waals surface area contributed by atoms with Crippen LogP contribution in [0.2, 0.25) is 0 Å². The molecule has 1 saturated carbocycles. The Bertz CT molecular complexity index is 1690. The van der Waals surface area contributed by atoms with E-state index >= 15 is 4.39 Å². The molecular formula is C29H28FN7O. The Labute approximate surface area is 219 Å². The smallest absolute Gasteiger partial charge is 0.271 e. The number of rotatable bonds is 8. The third kappa shape index (κ3) is 4.18. The van der Waals surface area contributed by atoms with Crippen molar-refractivity contribution in [3.8, 4) is 11.3 Å². The summed E-state index contributed by atoms with van der Waals surface area (Å²) in [5.74, 6) is 0.746. The highest BCUT2D eigenvalue weighted by atomic mass is 19.1. The first-order valence-electron chi connectivity index (χ1n) is 12.5. The maximum absolute atomic E-state index is 15.2. The number of aromatic nitrogens is 6. The summed E-state index contributed by atoms with van der Waals surface area (Å²) in [7, 11) is 1.63. The SMILES string of the molecule is C=C(NC(C)(C)COC)c1ccc(-c2cnc3nnc(C4(c5ccc6ncccc6c5)CC4)n3n2)cc1F. The molecule has 0 saturated heterocycles. The number of hydrogen-bond donors (Lipinski definition) is 1. The van der Waals surface area contributed by atoms with Gasteiger partial charge in [0, 0.05) is 35.5 Å². The predicted octanol–water partition coefficient (Wildman–Crippen LogP) is 4.94. The largest absolute Gasteiger partial charge is 0.382 e. The van der Waals surface area contributed by atoms with Gasteiger partial charge in [-0.3, -0.25) is 4.98 Å². The van der Waals surface area contributed by atoms with E-state index < -0.39 is 11.4 Å². The van der Waals surface area contributed by atoms with E-state index in [-0.39, 0.29) is 5.41 Å². The number of nitrogens with one attached hydrogen (secondary N) is 1. The van der Waals surface area contributed by atoms with Crippen molar-refractivity contribution in [2.45, 2.75) is 37.6 Å². The number of ether oxygens (including phenoxy) is 1. The number of benzene rings is 2. The van der Waals surface area contributed by atoms with Gasteiger partial charge in [0.05, 0.1) is 29.3 Å². The van der Waals surface area contributed by atoms with Crippen molar-refractivity contribution in [3.63, 3.8) is 0 Å². The van der Waals surface area contributed by atoms with Crippen LogP contribution in [0.1, 0.15) is 43.6 Å². The Balaban J connectivity index is 1.34. The Kier molecular flexibility index (Phi) is 5.68. The lowest BCUT2D eigenvalue weighted by Crippen LogP contribution is -2.42. The fourth-order valence-corrected chi connectivity index (χ4v) is 5.06. The number of nitrogens with zero attached hydrogens (tertiary/aromatic N) is 6. The Morgan fingerprint density at radius 3 is 2.74 bits per heavy atom. The molecule has 0 amide bonds. The van der Waals surface area contributed by atoms with Crippen LogP contribution >= 0.6 is 0 Å². The normalized spacial score (nSPS) is 14.6. The molecule has 1 fully saturated rings. The first kappa shape index (κ1) is 24.1. The van der Waals surface area contributed by atoms with Crippen LogP contribution in [0.4, 0.5) is 4.39 Å². The lowest BCUT2D eigenvalue weighted by molar-refractivity contribution is 0.138. The number of methoxy groups -OCH3 is 1. The molecule has 0 unspecified atom stereocenters. The minimum Gasteiger partial charge on any atom is -0.382 e. The maximum atomic E-state index is 15.2. The molecule has 6 rings (SSSR count). The van der Waals surface area contributed by atoms with Crippen LogP contribution in [-0.4, -0.2) is 49.0 Å². The molecule has 1 N–H and O–H groups in total. The van der Waals surface area contributed by atoms with Crippen LogP contribution in [-0.2, 0) is 10.2 Å². The first-order valence-corrected chi connectivity index (χ1v) is 12.5. The van der Waals surface area contributed by atoms with E-state index in [4.69, 9.17) is 9.84 Å². The van der Waals surface area contributed by atoms with Crippen LogP contribution < -0.4 is 5.32 Å². The Morgan fingerprint density at radius 2 is 1.97 bits per heavy atom. The number of pyridine rings is 1. The molecule has 0 spiro atoms. The van der Waals surface area contributed by atoms with Gasteiger partial charge in [-0.2, -0.15) is 9.61 Å². The lowest BCUT2D eigenvalue weighted by atomic mass is 9.94. The zero-order chi connectivity index (χ0) is 26.5. The molecular weight excluding hydrogens is 481 g/mol. The minimum absolute atomic E-state index is 0.287. The average Bonchev–Trinajstić information content (AvgIpc) is 3.59. The molecule has 2 aromatic carbocycles. The molecule has 3 aromatic heterocycles. The second-order valence-corrected chi connectivity index (χ2v) is 10.5. The summed E-state index contributed by atoms with van der Waals surface area (Å²) in [6.07, 6.45) is 5.26. The van der Waals surface area contributed by atoms with Crippen molar-refractivity contribution in [1.29, 1.82) is 0 Å². The summed E-state index contributed by atoms with van der Waals surface area (Å²) in [5.41, 5.74) is 3.43. The first-order chi connectivity index (χ1) is 18.3. The highest BCUT2D eigenvalue weighted by Crippen LogP contribution is 2.53. The standard InChI is InChI=1S/C29H28FN7O/c1-18(33-28(2,3)17-38-4)22-9-7-20(15-23(22)30)25-16-32-27-35-34-26(37(27)36-25)29(11-12-29)21-8-10-24-19(14-21)6-5-13-31-24/h5-10,13-16,33H,1,11-12,17H2,2-4H3. The molecule has 8 nitrogen and oxygen atoms in total. The highest BCUT2D eigenvalue weighted by molar-refractivity contribution is 5.79. The maximum Gasteiger partial charge on any atom is 0.271 e. The third-order valence-electron chi connectivity index (χ3n) is 7.05. The van der Waals surface area contributed by atoms with Crippen molar-refractivity contribution >= 4 is 22.4 Å². The fraction of sp³-hybridized carbons (Fsp3) is 0.276. The second-order valence-electron chi connectivity index (χ2n) is 10.5. The number of hydrogen-bond acceptors (Lipinski definition) is 7. The molecule has 38 heavy (non-hydrogen) atoms. The van der Waals surface area contributed by atoms with Gasteiger partial charge in [-0.1, -0.05) is 24.8 Å². The Morgan fingerprint density at radius 1 is 1.13 bits per heavy atom. The topological polar surface area (TPSA) is 90.1 Å². The molecule has 1 aliphatic carbocycles. The molecule has 1 aliphatic rings. The predicted molar refractivity (Wildman–Crippen MR) is 144 cm³/mol. The zero-order valence-electron chi connectivity index (χ0n) is 21.6. The van der Waals surface area contributed by atoms with E-state index in [0.29, 0.717) is 34.9 Å². The van der Waals surface area contributed by atoms with E-state index in [1.807, 2.05) is 32.0 Å². The summed E-state index contributed by atoms with van der Waals surface area (Å²) in [4.78, 5) is 8.90. The van der Waals surface area contributed by atoms with Crippen LogP contribution in [0.3, 0.4) is 0 Å². The van der Waals surface area contributed by atoms with Gasteiger partial charge in [0.25, 0.3) is 5.78 Å². The number of fused-ring (bicyclic) bond motifs is 2. The van der Waals surface area contributed by atoms with E-state index in [1.54, 1.807) is 30.1 Å². The van der Waals surface area contributed by atoms with Gasteiger partial charge in [0.1, 0.15) is 11.5 Å². The molecule has 3 heterocycles. The van der Waals surface area contributed by atoms with Crippen molar-refractivity contribution in [3.05, 3.63) is 90.3 Å². The number of halogens is 1. The van der Waals surface area contributed by atoms with Crippen LogP contribution in [0.25, 0.3) is 33.6 Å². The summed E-state index contributed by atoms with van der Waals surface area (Å²) in [6, 6.07) is 15.3. The summed E-state index contributed by atoms with van der Waals surface area (Å²) in [6.45, 7) is 8.42. The highest BCUT2D eigenvalue weighted by Gasteiger charge is 2.50. The molecule has 192 valence electrons. The van der Waals surface area contributed by atoms with Crippen LogP contribution in [0, 0.1) is 5.82 Å². The van der Waals surface area contributed by atoms with Gasteiger partial charge >= 0.3 is 0 Å². The molecule has 0 radical (unpaired) electrons. The third-order valence-corrected chi connectivity index (χ3v) is 7.05. The van der Waals surface area contributed by atoms with Crippen molar-refractivity contribution in [2.75, 3.05) is 13.7 Å². The quantitative estimate of drug-likeness (QED) is 0.317. The summed E-state index contributed by atoms with van der Waals surface area (Å²) < 4.78 is 22.1. The van der Waals surface area contributed by atoms with Gasteiger partial charge < -0.3 is 10.1 Å². The summed E-state index contributed by atoms with van der Waals surface area (Å²) >= 11 is 0. The van der Waals surface area contributed by atoms with E-state index in [2.05, 4.69) is 50.3 Å². The van der Waals surface area contributed by atoms with Gasteiger partial charge in [0.2, 0.25) is 0 Å². The van der Waals surface area contributed by atoms with Gasteiger partial charge in [0.15, 0.2) is 5.82 Å². The molecule has 0 bridgehead atoms. The second kappa shape index (κ2) is 8.95. The Hall–Kier alpha value is -4.24. The van der Waals surface area contributed by atoms with Crippen molar-refractivity contribution < 1.29 is 9.13 Å². The van der Waals surface area contributed by atoms with Crippen LogP contribution in [0.5, 0.6) is 0 Å². The average molecular weight is 510 g/mol. The van der Waals surface area contributed by atoms with Gasteiger partial charge in [-0.15, -0.1) is 10.2 Å². The fourth-order valence-electron chi connectivity index (χ4n) is 5.06. The summed E-state index contributed by atoms with van der Waals surface area (Å²) in [5, 5.41) is 17.9. The van der Waals surface area contributed by atoms with Gasteiger partial charge in [-0.25, -0.2) is 9.37 Å². The molecule has 5 aromatic rings. The van der Waals surface area contributed by atoms with E-state index in [9.17, 15) is 0 Å². The van der Waals surface area contributed by atoms with Crippen molar-refractivity contribution in [1.82, 2.24) is 35.1 Å². The minimum atomic E-state index is -0.400. The van der Waals surface area contributed by atoms with Crippen molar-refractivity contribution in [2.24, 2.45) is 0 Å². The monoisotopic (exact) mass is 509 g/mol. The lowest BCUT2D eigenvalue weighted by Gasteiger charge is -2.28. The van der Waals surface area contributed by atoms with E-state index in [1.165, 1.54) is 6.07 Å². The van der Waals surface area contributed by atoms with E-state index in [0.717, 1.165) is 35.1 Å². The molecule has 0 atom stereocenters. The zero-order valence-corrected chi connectivity index (χ0v) is 21.6. The molecule has 9 heteroatoms. The van der Waals surface area contributed by atoms with Crippen LogP contribution in [0.15, 0.2) is 67.5 Å². The molecule has 0 aliphatic heterocycles. The van der Waals surface area contributed by atoms with Gasteiger partial charge in [-0.05, 0) is 62.6 Å².